The van der Waals surface area contributed by atoms with Crippen LogP contribution >= 0.6 is 0 Å². The molecule has 2 aromatic carbocycles. The van der Waals surface area contributed by atoms with Crippen LogP contribution in [0.3, 0.4) is 0 Å². The van der Waals surface area contributed by atoms with E-state index in [4.69, 9.17) is 5.21 Å². The minimum atomic E-state index is -3.24. The largest absolute Gasteiger partial charge is 0.338 e. The van der Waals surface area contributed by atoms with Gasteiger partial charge in [-0.1, -0.05) is 18.2 Å². The molecule has 0 aromatic heterocycles. The molecule has 2 aromatic rings. The van der Waals surface area contributed by atoms with Gasteiger partial charge in [0, 0.05) is 24.9 Å². The quantitative estimate of drug-likeness (QED) is 0.573. The van der Waals surface area contributed by atoms with Gasteiger partial charge in [0.2, 0.25) is 5.91 Å². The smallest absolute Gasteiger partial charge is 0.274 e. The summed E-state index contributed by atoms with van der Waals surface area (Å²) in [5, 5.41) is 8.88. The third kappa shape index (κ3) is 3.73. The zero-order chi connectivity index (χ0) is 21.5. The summed E-state index contributed by atoms with van der Waals surface area (Å²) < 4.78 is 23.3. The van der Waals surface area contributed by atoms with Crippen molar-refractivity contribution in [3.8, 4) is 0 Å². The number of nitrogens with one attached hydrogen (secondary N) is 1. The van der Waals surface area contributed by atoms with E-state index in [0.29, 0.717) is 25.1 Å². The third-order valence-electron chi connectivity index (χ3n) is 6.30. The molecule has 8 heteroatoms. The predicted molar refractivity (Wildman–Crippen MR) is 110 cm³/mol. The first-order valence-corrected chi connectivity index (χ1v) is 11.8. The molecule has 1 atom stereocenters. The highest BCUT2D eigenvalue weighted by Crippen LogP contribution is 2.44. The van der Waals surface area contributed by atoms with Gasteiger partial charge in [0.25, 0.3) is 5.91 Å². The van der Waals surface area contributed by atoms with Gasteiger partial charge in [-0.3, -0.25) is 14.8 Å². The summed E-state index contributed by atoms with van der Waals surface area (Å²) in [5.74, 6) is -0.452. The maximum Gasteiger partial charge on any atom is 0.274 e. The lowest BCUT2D eigenvalue weighted by Crippen LogP contribution is -2.38. The first kappa shape index (κ1) is 20.6. The number of rotatable bonds is 4. The van der Waals surface area contributed by atoms with Crippen molar-refractivity contribution in [3.05, 3.63) is 64.7 Å². The van der Waals surface area contributed by atoms with Crippen LogP contribution in [0.2, 0.25) is 0 Å². The Morgan fingerprint density at radius 2 is 1.87 bits per heavy atom. The number of aryl methyl sites for hydroxylation is 1. The van der Waals surface area contributed by atoms with E-state index in [1.807, 2.05) is 11.0 Å². The molecule has 1 unspecified atom stereocenters. The van der Waals surface area contributed by atoms with Crippen LogP contribution in [0, 0.1) is 5.41 Å². The monoisotopic (exact) mass is 428 g/mol. The van der Waals surface area contributed by atoms with E-state index >= 15 is 0 Å². The number of hydrogen-bond acceptors (Lipinski definition) is 5. The van der Waals surface area contributed by atoms with Crippen molar-refractivity contribution in [2.45, 2.75) is 37.1 Å². The standard InChI is InChI=1S/C22H24N2O5S/c1-30(28,29)19-6-2-15(3-7-19)14-24-11-10-22(21(24)26)9-8-16-4-5-17(20(25)23-27)12-18(16)13-22/h2-7,12,27H,8-11,13-14H2,1H3,(H,23,25). The highest BCUT2D eigenvalue weighted by atomic mass is 32.2. The molecule has 30 heavy (non-hydrogen) atoms. The number of benzene rings is 2. The van der Waals surface area contributed by atoms with E-state index in [1.165, 1.54) is 6.26 Å². The van der Waals surface area contributed by atoms with E-state index in [1.54, 1.807) is 41.9 Å². The Hall–Kier alpha value is -2.71. The van der Waals surface area contributed by atoms with Crippen LogP contribution in [0.1, 0.15) is 39.9 Å². The van der Waals surface area contributed by atoms with Crippen molar-refractivity contribution in [2.24, 2.45) is 5.41 Å². The third-order valence-corrected chi connectivity index (χ3v) is 7.43. The van der Waals surface area contributed by atoms with Gasteiger partial charge in [0.05, 0.1) is 10.3 Å². The maximum atomic E-state index is 13.3. The zero-order valence-corrected chi connectivity index (χ0v) is 17.5. The zero-order valence-electron chi connectivity index (χ0n) is 16.7. The Bertz CT molecular complexity index is 1110. The SMILES string of the molecule is CS(=O)(=O)c1ccc(CN2CCC3(CCc4ccc(C(=O)NO)cc4C3)C2=O)cc1. The molecule has 2 N–H and O–H groups in total. The van der Waals surface area contributed by atoms with Gasteiger partial charge in [0.1, 0.15) is 0 Å². The van der Waals surface area contributed by atoms with Crippen LogP contribution < -0.4 is 5.48 Å². The van der Waals surface area contributed by atoms with Crippen molar-refractivity contribution < 1.29 is 23.2 Å². The van der Waals surface area contributed by atoms with Crippen molar-refractivity contribution in [1.29, 1.82) is 0 Å². The lowest BCUT2D eigenvalue weighted by Gasteiger charge is -2.33. The summed E-state index contributed by atoms with van der Waals surface area (Å²) in [5.41, 5.74) is 4.58. The van der Waals surface area contributed by atoms with E-state index in [9.17, 15) is 18.0 Å². The highest BCUT2D eigenvalue weighted by Gasteiger charge is 2.48. The van der Waals surface area contributed by atoms with Crippen molar-refractivity contribution in [2.75, 3.05) is 12.8 Å². The van der Waals surface area contributed by atoms with Crippen LogP contribution in [-0.2, 0) is 34.0 Å². The van der Waals surface area contributed by atoms with Gasteiger partial charge in [-0.15, -0.1) is 0 Å². The second-order valence-electron chi connectivity index (χ2n) is 8.27. The van der Waals surface area contributed by atoms with E-state index in [0.717, 1.165) is 36.0 Å². The van der Waals surface area contributed by atoms with Gasteiger partial charge in [0.15, 0.2) is 9.84 Å². The van der Waals surface area contributed by atoms with Gasteiger partial charge in [-0.2, -0.15) is 0 Å². The molecule has 158 valence electrons. The number of hydroxylamine groups is 1. The van der Waals surface area contributed by atoms with Crippen LogP contribution in [0.4, 0.5) is 0 Å². The second-order valence-corrected chi connectivity index (χ2v) is 10.3. The maximum absolute atomic E-state index is 13.3. The van der Waals surface area contributed by atoms with E-state index in [-0.39, 0.29) is 10.8 Å². The molecule has 1 saturated heterocycles. The molecule has 0 bridgehead atoms. The van der Waals surface area contributed by atoms with E-state index < -0.39 is 21.2 Å². The summed E-state index contributed by atoms with van der Waals surface area (Å²) in [6, 6.07) is 12.0. The second kappa shape index (κ2) is 7.52. The molecule has 4 rings (SSSR count). The topological polar surface area (TPSA) is 104 Å². The summed E-state index contributed by atoms with van der Waals surface area (Å²) in [7, 11) is -3.24. The fourth-order valence-electron chi connectivity index (χ4n) is 4.57. The fraction of sp³-hybridized carbons (Fsp3) is 0.364. The van der Waals surface area contributed by atoms with Crippen LogP contribution in [0.25, 0.3) is 0 Å². The molecule has 1 heterocycles. The molecule has 1 spiro atoms. The summed E-state index contributed by atoms with van der Waals surface area (Å²) >= 11 is 0. The fourth-order valence-corrected chi connectivity index (χ4v) is 5.20. The highest BCUT2D eigenvalue weighted by molar-refractivity contribution is 7.90. The van der Waals surface area contributed by atoms with E-state index in [2.05, 4.69) is 0 Å². The number of fused-ring (bicyclic) bond motifs is 1. The number of carbonyl (C=O) groups excluding carboxylic acids is 2. The lowest BCUT2D eigenvalue weighted by molar-refractivity contribution is -0.137. The Balaban J connectivity index is 1.51. The molecule has 1 aliphatic carbocycles. The minimum absolute atomic E-state index is 0.109. The van der Waals surface area contributed by atoms with Crippen LogP contribution in [0.15, 0.2) is 47.4 Å². The van der Waals surface area contributed by atoms with Crippen LogP contribution in [0.5, 0.6) is 0 Å². The molecular formula is C22H24N2O5S. The molecule has 0 saturated carbocycles. The van der Waals surface area contributed by atoms with Crippen molar-refractivity contribution in [3.63, 3.8) is 0 Å². The minimum Gasteiger partial charge on any atom is -0.338 e. The van der Waals surface area contributed by atoms with Gasteiger partial charge in [-0.05, 0) is 66.6 Å². The average Bonchev–Trinajstić information content (AvgIpc) is 3.02. The number of nitrogens with zero attached hydrogens (tertiary/aromatic N) is 1. The van der Waals surface area contributed by atoms with Crippen molar-refractivity contribution in [1.82, 2.24) is 10.4 Å². The molecule has 1 aliphatic heterocycles. The average molecular weight is 429 g/mol. The van der Waals surface area contributed by atoms with Crippen LogP contribution in [-0.4, -0.2) is 43.1 Å². The Morgan fingerprint density at radius 3 is 2.53 bits per heavy atom. The van der Waals surface area contributed by atoms with Gasteiger partial charge >= 0.3 is 0 Å². The lowest BCUT2D eigenvalue weighted by atomic mass is 9.70. The molecule has 2 amide bonds. The normalized spacial score (nSPS) is 21.0. The molecule has 7 nitrogen and oxygen atoms in total. The number of carbonyl (C=O) groups is 2. The number of likely N-dealkylation sites (tertiary alicyclic amines) is 1. The van der Waals surface area contributed by atoms with Gasteiger partial charge in [-0.25, -0.2) is 13.9 Å². The molecular weight excluding hydrogens is 404 g/mol. The molecule has 0 radical (unpaired) electrons. The number of amides is 2. The first-order valence-electron chi connectivity index (χ1n) is 9.86. The summed E-state index contributed by atoms with van der Waals surface area (Å²) in [4.78, 5) is 27.2. The summed E-state index contributed by atoms with van der Waals surface area (Å²) in [6.07, 6.45) is 4.06. The summed E-state index contributed by atoms with van der Waals surface area (Å²) in [6.45, 7) is 1.10. The predicted octanol–water partition coefficient (Wildman–Crippen LogP) is 2.12. The van der Waals surface area contributed by atoms with Gasteiger partial charge < -0.3 is 4.90 Å². The molecule has 2 aliphatic rings. The first-order chi connectivity index (χ1) is 14.2. The number of sulfone groups is 1. The number of hydrogen-bond donors (Lipinski definition) is 2. The Kier molecular flexibility index (Phi) is 5.15. The van der Waals surface area contributed by atoms with Crippen molar-refractivity contribution >= 4 is 21.7 Å². The molecule has 1 fully saturated rings. The Morgan fingerprint density at radius 1 is 1.13 bits per heavy atom. The Labute approximate surface area is 175 Å².